The summed E-state index contributed by atoms with van der Waals surface area (Å²) in [5, 5.41) is 11.8. The topological polar surface area (TPSA) is 113 Å². The molecule has 0 aromatic heterocycles. The largest absolute Gasteiger partial charge is 0.480 e. The first-order valence-electron chi connectivity index (χ1n) is 10.3. The SMILES string of the molecule is CS(=O)(=O)Nc1ccc(C(=O)N[C@@H](Cc2ccc(-c3ccccc3C(F)(F)F)cc2)C(=O)O)c(Cl)c1. The Bertz CT molecular complexity index is 1390. The summed E-state index contributed by atoms with van der Waals surface area (Å²) in [5.74, 6) is -2.13. The van der Waals surface area contributed by atoms with Crippen LogP contribution in [0, 0.1) is 0 Å². The van der Waals surface area contributed by atoms with Crippen molar-refractivity contribution in [1.82, 2.24) is 5.32 Å². The molecule has 3 rings (SSSR count). The summed E-state index contributed by atoms with van der Waals surface area (Å²) in [6, 6.07) is 13.4. The molecule has 3 N–H and O–H groups in total. The minimum absolute atomic E-state index is 0.0110. The van der Waals surface area contributed by atoms with Gasteiger partial charge >= 0.3 is 12.1 Å². The van der Waals surface area contributed by atoms with Gasteiger partial charge in [0.05, 0.1) is 22.4 Å². The summed E-state index contributed by atoms with van der Waals surface area (Å²) in [7, 11) is -3.57. The molecule has 3 aromatic rings. The van der Waals surface area contributed by atoms with Crippen LogP contribution < -0.4 is 10.0 Å². The second kappa shape index (κ2) is 10.6. The lowest BCUT2D eigenvalue weighted by Gasteiger charge is -2.16. The molecule has 0 bridgehead atoms. The number of carboxylic acid groups (broad SMARTS) is 1. The zero-order valence-electron chi connectivity index (χ0n) is 18.6. The number of carboxylic acids is 1. The molecule has 190 valence electrons. The van der Waals surface area contributed by atoms with Crippen LogP contribution in [-0.4, -0.2) is 37.7 Å². The summed E-state index contributed by atoms with van der Waals surface area (Å²) < 4.78 is 64.8. The molecular formula is C24H20ClF3N2O5S. The summed E-state index contributed by atoms with van der Waals surface area (Å²) in [4.78, 5) is 24.4. The molecule has 0 heterocycles. The zero-order chi connectivity index (χ0) is 26.7. The Morgan fingerprint density at radius 3 is 2.22 bits per heavy atom. The van der Waals surface area contributed by atoms with E-state index in [9.17, 15) is 36.3 Å². The normalized spacial score (nSPS) is 12.6. The zero-order valence-corrected chi connectivity index (χ0v) is 20.2. The van der Waals surface area contributed by atoms with Crippen LogP contribution in [0.5, 0.6) is 0 Å². The Labute approximate surface area is 210 Å². The van der Waals surface area contributed by atoms with Gasteiger partial charge in [-0.15, -0.1) is 0 Å². The number of rotatable bonds is 8. The maximum absolute atomic E-state index is 13.3. The molecule has 0 spiro atoms. The van der Waals surface area contributed by atoms with E-state index >= 15 is 0 Å². The van der Waals surface area contributed by atoms with Crippen molar-refractivity contribution in [2.45, 2.75) is 18.6 Å². The molecule has 1 amide bonds. The molecule has 1 atom stereocenters. The van der Waals surface area contributed by atoms with Crippen molar-refractivity contribution >= 4 is 39.2 Å². The van der Waals surface area contributed by atoms with Crippen molar-refractivity contribution in [2.24, 2.45) is 0 Å². The first-order valence-corrected chi connectivity index (χ1v) is 12.6. The maximum Gasteiger partial charge on any atom is 0.417 e. The fourth-order valence-corrected chi connectivity index (χ4v) is 4.27. The van der Waals surface area contributed by atoms with Crippen LogP contribution in [0.1, 0.15) is 21.5 Å². The van der Waals surface area contributed by atoms with Gasteiger partial charge in [0, 0.05) is 12.1 Å². The van der Waals surface area contributed by atoms with Crippen molar-refractivity contribution < 1.29 is 36.3 Å². The Hall–Kier alpha value is -3.57. The van der Waals surface area contributed by atoms with Crippen molar-refractivity contribution in [3.05, 3.63) is 88.4 Å². The Balaban J connectivity index is 1.76. The molecule has 36 heavy (non-hydrogen) atoms. The molecule has 0 aliphatic carbocycles. The van der Waals surface area contributed by atoms with E-state index in [4.69, 9.17) is 11.6 Å². The van der Waals surface area contributed by atoms with Gasteiger partial charge in [0.1, 0.15) is 6.04 Å². The van der Waals surface area contributed by atoms with E-state index in [1.54, 1.807) is 0 Å². The number of hydrogen-bond acceptors (Lipinski definition) is 4. The van der Waals surface area contributed by atoms with E-state index < -0.39 is 39.7 Å². The Morgan fingerprint density at radius 1 is 1.03 bits per heavy atom. The fourth-order valence-electron chi connectivity index (χ4n) is 3.45. The fraction of sp³-hybridized carbons (Fsp3) is 0.167. The number of carbonyl (C=O) groups is 2. The molecule has 0 unspecified atom stereocenters. The van der Waals surface area contributed by atoms with E-state index in [1.165, 1.54) is 60.7 Å². The Kier molecular flexibility index (Phi) is 7.95. The summed E-state index contributed by atoms with van der Waals surface area (Å²) >= 11 is 6.07. The van der Waals surface area contributed by atoms with Crippen molar-refractivity contribution in [2.75, 3.05) is 11.0 Å². The highest BCUT2D eigenvalue weighted by Gasteiger charge is 2.33. The molecule has 0 fully saturated rings. The van der Waals surface area contributed by atoms with Crippen molar-refractivity contribution in [3.63, 3.8) is 0 Å². The third kappa shape index (κ3) is 6.98. The van der Waals surface area contributed by atoms with Gasteiger partial charge in [0.25, 0.3) is 5.91 Å². The minimum atomic E-state index is -4.53. The molecule has 7 nitrogen and oxygen atoms in total. The van der Waals surface area contributed by atoms with Crippen LogP contribution in [0.3, 0.4) is 0 Å². The number of anilines is 1. The number of nitrogens with one attached hydrogen (secondary N) is 2. The molecule has 0 aliphatic rings. The molecule has 0 saturated carbocycles. The van der Waals surface area contributed by atoms with Gasteiger partial charge in [-0.25, -0.2) is 13.2 Å². The first kappa shape index (κ1) is 27.0. The summed E-state index contributed by atoms with van der Waals surface area (Å²) in [6.45, 7) is 0. The lowest BCUT2D eigenvalue weighted by atomic mass is 9.97. The lowest BCUT2D eigenvalue weighted by molar-refractivity contribution is -0.139. The standard InChI is InChI=1S/C24H20ClF3N2O5S/c1-36(34,35)30-16-10-11-18(20(25)13-16)22(31)29-21(23(32)33)12-14-6-8-15(9-7-14)17-4-2-3-5-19(17)24(26,27)28/h2-11,13,21,30H,12H2,1H3,(H,29,31)(H,32,33)/t21-/m0/s1. The molecule has 12 heteroatoms. The van der Waals surface area contributed by atoms with E-state index in [2.05, 4.69) is 10.0 Å². The second-order valence-electron chi connectivity index (χ2n) is 7.88. The van der Waals surface area contributed by atoms with E-state index in [-0.39, 0.29) is 28.3 Å². The third-order valence-electron chi connectivity index (χ3n) is 5.06. The molecule has 0 aliphatic heterocycles. The molecule has 0 radical (unpaired) electrons. The van der Waals surface area contributed by atoms with E-state index in [0.29, 0.717) is 11.1 Å². The number of halogens is 4. The monoisotopic (exact) mass is 540 g/mol. The predicted molar refractivity (Wildman–Crippen MR) is 129 cm³/mol. The van der Waals surface area contributed by atoms with Gasteiger partial charge in [0.2, 0.25) is 10.0 Å². The van der Waals surface area contributed by atoms with Gasteiger partial charge in [-0.05, 0) is 41.0 Å². The van der Waals surface area contributed by atoms with Crippen molar-refractivity contribution in [3.8, 4) is 11.1 Å². The van der Waals surface area contributed by atoms with Crippen LogP contribution in [0.2, 0.25) is 5.02 Å². The predicted octanol–water partition coefficient (Wildman–Crippen LogP) is 4.82. The highest BCUT2D eigenvalue weighted by molar-refractivity contribution is 7.92. The van der Waals surface area contributed by atoms with Crippen LogP contribution >= 0.6 is 11.6 Å². The average molecular weight is 541 g/mol. The van der Waals surface area contributed by atoms with Gasteiger partial charge in [0.15, 0.2) is 0 Å². The van der Waals surface area contributed by atoms with Gasteiger partial charge in [-0.1, -0.05) is 54.1 Å². The summed E-state index contributed by atoms with van der Waals surface area (Å²) in [5.41, 5.74) is 0.0279. The second-order valence-corrected chi connectivity index (χ2v) is 10.0. The van der Waals surface area contributed by atoms with Crippen LogP contribution in [0.15, 0.2) is 66.7 Å². The number of carbonyl (C=O) groups excluding carboxylic acids is 1. The van der Waals surface area contributed by atoms with Crippen LogP contribution in [0.25, 0.3) is 11.1 Å². The van der Waals surface area contributed by atoms with Gasteiger partial charge in [-0.2, -0.15) is 13.2 Å². The first-order chi connectivity index (χ1) is 16.7. The molecular weight excluding hydrogens is 521 g/mol. The van der Waals surface area contributed by atoms with Gasteiger partial charge < -0.3 is 10.4 Å². The quantitative estimate of drug-likeness (QED) is 0.379. The number of alkyl halides is 3. The third-order valence-corrected chi connectivity index (χ3v) is 5.98. The average Bonchev–Trinajstić information content (AvgIpc) is 2.77. The lowest BCUT2D eigenvalue weighted by Crippen LogP contribution is -2.42. The van der Waals surface area contributed by atoms with E-state index in [1.807, 2.05) is 0 Å². The number of sulfonamides is 1. The highest BCUT2D eigenvalue weighted by atomic mass is 35.5. The Morgan fingerprint density at radius 2 is 1.67 bits per heavy atom. The summed E-state index contributed by atoms with van der Waals surface area (Å²) in [6.07, 6.45) is -3.73. The highest BCUT2D eigenvalue weighted by Crippen LogP contribution is 2.37. The molecule has 0 saturated heterocycles. The maximum atomic E-state index is 13.3. The van der Waals surface area contributed by atoms with Crippen LogP contribution in [0.4, 0.5) is 18.9 Å². The number of benzene rings is 3. The van der Waals surface area contributed by atoms with Gasteiger partial charge in [-0.3, -0.25) is 9.52 Å². The molecule has 3 aromatic carbocycles. The smallest absolute Gasteiger partial charge is 0.417 e. The minimum Gasteiger partial charge on any atom is -0.480 e. The number of amides is 1. The van der Waals surface area contributed by atoms with Crippen molar-refractivity contribution in [1.29, 1.82) is 0 Å². The van der Waals surface area contributed by atoms with E-state index in [0.717, 1.165) is 12.3 Å². The number of aliphatic carboxylic acids is 1. The van der Waals surface area contributed by atoms with Crippen LogP contribution in [-0.2, 0) is 27.4 Å². The number of hydrogen-bond donors (Lipinski definition) is 3.